The van der Waals surface area contributed by atoms with Gasteiger partial charge in [0, 0.05) is 18.2 Å². The predicted molar refractivity (Wildman–Crippen MR) is 82.1 cm³/mol. The van der Waals surface area contributed by atoms with Crippen molar-refractivity contribution in [1.82, 2.24) is 5.32 Å². The molecular weight excluding hydrogens is 315 g/mol. The lowest BCUT2D eigenvalue weighted by Gasteiger charge is -2.16. The lowest BCUT2D eigenvalue weighted by atomic mass is 10.1. The Morgan fingerprint density at radius 2 is 1.81 bits per heavy atom. The maximum absolute atomic E-state index is 12.3. The molecule has 21 heavy (non-hydrogen) atoms. The Morgan fingerprint density at radius 1 is 1.19 bits per heavy atom. The first-order valence-corrected chi connectivity index (χ1v) is 7.69. The van der Waals surface area contributed by atoms with E-state index in [4.69, 9.17) is 23.2 Å². The molecule has 0 aliphatic heterocycles. The average Bonchev–Trinajstić information content (AvgIpc) is 2.69. The van der Waals surface area contributed by atoms with Gasteiger partial charge in [0.25, 0.3) is 11.6 Å². The summed E-state index contributed by atoms with van der Waals surface area (Å²) in [5, 5.41) is 13.8. The maximum Gasteiger partial charge on any atom is 0.271 e. The van der Waals surface area contributed by atoms with E-state index in [0.717, 1.165) is 31.7 Å². The Labute approximate surface area is 132 Å². The van der Waals surface area contributed by atoms with E-state index in [9.17, 15) is 14.9 Å². The molecule has 0 spiro atoms. The Kier molecular flexibility index (Phi) is 5.42. The SMILES string of the molecule is O=C(NC1CCCCCC1)c1cc([N+](=O)[O-])cc(Cl)c1Cl. The monoisotopic (exact) mass is 330 g/mol. The Bertz CT molecular complexity index is 555. The number of nitrogens with zero attached hydrogens (tertiary/aromatic N) is 1. The van der Waals surface area contributed by atoms with Gasteiger partial charge in [0.05, 0.1) is 20.5 Å². The maximum atomic E-state index is 12.3. The van der Waals surface area contributed by atoms with Crippen molar-refractivity contribution in [2.75, 3.05) is 0 Å². The molecule has 1 aromatic rings. The molecule has 1 fully saturated rings. The minimum Gasteiger partial charge on any atom is -0.349 e. The molecule has 1 N–H and O–H groups in total. The lowest BCUT2D eigenvalue weighted by molar-refractivity contribution is -0.384. The number of hydrogen-bond donors (Lipinski definition) is 1. The van der Waals surface area contributed by atoms with Crippen molar-refractivity contribution < 1.29 is 9.72 Å². The van der Waals surface area contributed by atoms with Gasteiger partial charge in [0.15, 0.2) is 0 Å². The molecule has 1 amide bonds. The molecule has 1 saturated carbocycles. The fraction of sp³-hybridized carbons (Fsp3) is 0.500. The second kappa shape index (κ2) is 7.09. The second-order valence-electron chi connectivity index (χ2n) is 5.21. The Morgan fingerprint density at radius 3 is 2.38 bits per heavy atom. The summed E-state index contributed by atoms with van der Waals surface area (Å²) in [5.74, 6) is -0.405. The molecule has 7 heteroatoms. The van der Waals surface area contributed by atoms with Gasteiger partial charge in [-0.05, 0) is 12.8 Å². The van der Waals surface area contributed by atoms with Crippen molar-refractivity contribution in [2.24, 2.45) is 0 Å². The van der Waals surface area contributed by atoms with E-state index in [1.54, 1.807) is 0 Å². The fourth-order valence-electron chi connectivity index (χ4n) is 2.53. The number of nitrogens with one attached hydrogen (secondary N) is 1. The topological polar surface area (TPSA) is 72.2 Å². The van der Waals surface area contributed by atoms with Crippen LogP contribution in [0.5, 0.6) is 0 Å². The molecule has 114 valence electrons. The number of nitro benzene ring substituents is 1. The van der Waals surface area contributed by atoms with Crippen LogP contribution in [0.3, 0.4) is 0 Å². The summed E-state index contributed by atoms with van der Waals surface area (Å²) in [6.07, 6.45) is 6.35. The third-order valence-electron chi connectivity index (χ3n) is 3.66. The first kappa shape index (κ1) is 16.0. The number of rotatable bonds is 3. The van der Waals surface area contributed by atoms with Crippen molar-refractivity contribution in [3.05, 3.63) is 37.9 Å². The van der Waals surface area contributed by atoms with Crippen LogP contribution in [0, 0.1) is 10.1 Å². The van der Waals surface area contributed by atoms with Crippen LogP contribution >= 0.6 is 23.2 Å². The number of non-ortho nitro benzene ring substituents is 1. The van der Waals surface area contributed by atoms with Crippen molar-refractivity contribution in [2.45, 2.75) is 44.6 Å². The van der Waals surface area contributed by atoms with Crippen LogP contribution in [-0.2, 0) is 0 Å². The van der Waals surface area contributed by atoms with E-state index in [1.807, 2.05) is 0 Å². The first-order chi connectivity index (χ1) is 9.99. The highest BCUT2D eigenvalue weighted by Gasteiger charge is 2.22. The van der Waals surface area contributed by atoms with Gasteiger partial charge < -0.3 is 5.32 Å². The zero-order valence-corrected chi connectivity index (χ0v) is 12.9. The number of benzene rings is 1. The minimum absolute atomic E-state index is 0.0110. The van der Waals surface area contributed by atoms with Gasteiger partial charge in [-0.3, -0.25) is 14.9 Å². The smallest absolute Gasteiger partial charge is 0.271 e. The standard InChI is InChI=1S/C14H16Cl2N2O3/c15-12-8-10(18(20)21)7-11(13(12)16)14(19)17-9-5-3-1-2-4-6-9/h7-9H,1-6H2,(H,17,19). The van der Waals surface area contributed by atoms with Crippen LogP contribution in [0.1, 0.15) is 48.9 Å². The molecule has 0 bridgehead atoms. The van der Waals surface area contributed by atoms with Gasteiger partial charge in [-0.2, -0.15) is 0 Å². The van der Waals surface area contributed by atoms with Crippen LogP contribution in [0.15, 0.2) is 12.1 Å². The molecule has 1 aliphatic rings. The van der Waals surface area contributed by atoms with Gasteiger partial charge in [-0.15, -0.1) is 0 Å². The van der Waals surface area contributed by atoms with Crippen LogP contribution < -0.4 is 5.32 Å². The summed E-state index contributed by atoms with van der Waals surface area (Å²) in [6.45, 7) is 0. The summed E-state index contributed by atoms with van der Waals surface area (Å²) >= 11 is 11.9. The molecule has 0 atom stereocenters. The van der Waals surface area contributed by atoms with Crippen LogP contribution in [0.2, 0.25) is 10.0 Å². The molecule has 0 aromatic heterocycles. The summed E-state index contributed by atoms with van der Waals surface area (Å²) in [4.78, 5) is 22.6. The number of halogens is 2. The Hall–Kier alpha value is -1.33. The number of hydrogen-bond acceptors (Lipinski definition) is 3. The largest absolute Gasteiger partial charge is 0.349 e. The highest BCUT2D eigenvalue weighted by atomic mass is 35.5. The van der Waals surface area contributed by atoms with Crippen LogP contribution in [0.4, 0.5) is 5.69 Å². The third kappa shape index (κ3) is 4.08. The molecule has 0 saturated heterocycles. The zero-order valence-electron chi connectivity index (χ0n) is 11.4. The van der Waals surface area contributed by atoms with E-state index in [2.05, 4.69) is 5.32 Å². The average molecular weight is 331 g/mol. The number of carbonyl (C=O) groups is 1. The Balaban J connectivity index is 2.19. The van der Waals surface area contributed by atoms with Crippen molar-refractivity contribution in [1.29, 1.82) is 0 Å². The summed E-state index contributed by atoms with van der Waals surface area (Å²) < 4.78 is 0. The second-order valence-corrected chi connectivity index (χ2v) is 5.99. The van der Waals surface area contributed by atoms with Gasteiger partial charge in [0.1, 0.15) is 0 Å². The van der Waals surface area contributed by atoms with Crippen molar-refractivity contribution >= 4 is 34.8 Å². The first-order valence-electron chi connectivity index (χ1n) is 6.93. The van der Waals surface area contributed by atoms with E-state index in [0.29, 0.717) is 0 Å². The van der Waals surface area contributed by atoms with Gasteiger partial charge >= 0.3 is 0 Å². The number of amides is 1. The van der Waals surface area contributed by atoms with Crippen molar-refractivity contribution in [3.63, 3.8) is 0 Å². The van der Waals surface area contributed by atoms with Gasteiger partial charge in [-0.1, -0.05) is 48.9 Å². The molecule has 5 nitrogen and oxygen atoms in total. The summed E-state index contributed by atoms with van der Waals surface area (Å²) in [6, 6.07) is 2.40. The van der Waals surface area contributed by atoms with Gasteiger partial charge in [-0.25, -0.2) is 0 Å². The molecular formula is C14H16Cl2N2O3. The van der Waals surface area contributed by atoms with E-state index < -0.39 is 10.8 Å². The minimum atomic E-state index is -0.593. The number of carbonyl (C=O) groups excluding carboxylic acids is 1. The summed E-state index contributed by atoms with van der Waals surface area (Å²) in [5.41, 5.74) is -0.185. The molecule has 0 radical (unpaired) electrons. The normalized spacial score (nSPS) is 16.3. The lowest BCUT2D eigenvalue weighted by Crippen LogP contribution is -2.34. The highest BCUT2D eigenvalue weighted by molar-refractivity contribution is 6.44. The molecule has 1 aromatic carbocycles. The van der Waals surface area contributed by atoms with Crippen molar-refractivity contribution in [3.8, 4) is 0 Å². The predicted octanol–water partition coefficient (Wildman–Crippen LogP) is 4.35. The third-order valence-corrected chi connectivity index (χ3v) is 4.46. The zero-order chi connectivity index (χ0) is 15.4. The molecule has 1 aliphatic carbocycles. The fourth-order valence-corrected chi connectivity index (χ4v) is 2.94. The molecule has 0 unspecified atom stereocenters. The van der Waals surface area contributed by atoms with E-state index in [-0.39, 0.29) is 27.3 Å². The van der Waals surface area contributed by atoms with Gasteiger partial charge in [0.2, 0.25) is 0 Å². The quantitative estimate of drug-likeness (QED) is 0.508. The molecule has 0 heterocycles. The molecule has 2 rings (SSSR count). The highest BCUT2D eigenvalue weighted by Crippen LogP contribution is 2.31. The van der Waals surface area contributed by atoms with E-state index >= 15 is 0 Å². The number of nitro groups is 1. The summed E-state index contributed by atoms with van der Waals surface area (Å²) in [7, 11) is 0. The van der Waals surface area contributed by atoms with Crippen LogP contribution in [-0.4, -0.2) is 16.9 Å². The van der Waals surface area contributed by atoms with E-state index in [1.165, 1.54) is 18.9 Å². The van der Waals surface area contributed by atoms with Crippen LogP contribution in [0.25, 0.3) is 0 Å².